The fourth-order valence-electron chi connectivity index (χ4n) is 1.80. The molecule has 0 aliphatic carbocycles. The predicted octanol–water partition coefficient (Wildman–Crippen LogP) is 0.755. The maximum atomic E-state index is 11.6. The van der Waals surface area contributed by atoms with E-state index in [1.807, 2.05) is 20.8 Å². The van der Waals surface area contributed by atoms with Crippen molar-refractivity contribution in [3.05, 3.63) is 0 Å². The average molecular weight is 251 g/mol. The normalized spacial score (nSPS) is 26.5. The van der Waals surface area contributed by atoms with Crippen LogP contribution in [0, 0.1) is 0 Å². The van der Waals surface area contributed by atoms with E-state index in [0.717, 1.165) is 0 Å². The van der Waals surface area contributed by atoms with Crippen LogP contribution < -0.4 is 5.73 Å². The second-order valence-corrected chi connectivity index (χ2v) is 5.32. The Hall–Kier alpha value is -0.520. The van der Waals surface area contributed by atoms with Gasteiger partial charge >= 0.3 is 6.09 Å². The molecule has 0 aromatic carbocycles. The zero-order valence-electron chi connectivity index (χ0n) is 9.86. The molecule has 0 radical (unpaired) electrons. The minimum absolute atomic E-state index is 0. The van der Waals surface area contributed by atoms with Gasteiger partial charge in [-0.1, -0.05) is 0 Å². The van der Waals surface area contributed by atoms with Crippen molar-refractivity contribution in [3.63, 3.8) is 0 Å². The molecule has 0 saturated carbocycles. The first-order valence-electron chi connectivity index (χ1n) is 5.20. The molecular formula is C10H19ClN2O3. The zero-order valence-corrected chi connectivity index (χ0v) is 10.7. The van der Waals surface area contributed by atoms with Crippen LogP contribution in [0.2, 0.25) is 0 Å². The Morgan fingerprint density at radius 1 is 1.50 bits per heavy atom. The summed E-state index contributed by atoms with van der Waals surface area (Å²) in [5, 5.41) is 0. The molecule has 0 unspecified atom stereocenters. The third-order valence-electron chi connectivity index (χ3n) is 2.79. The van der Waals surface area contributed by atoms with Crippen molar-refractivity contribution in [3.8, 4) is 0 Å². The van der Waals surface area contributed by atoms with E-state index < -0.39 is 5.60 Å². The lowest BCUT2D eigenvalue weighted by Crippen LogP contribution is -2.79. The van der Waals surface area contributed by atoms with Crippen LogP contribution in [0.4, 0.5) is 4.79 Å². The molecular weight excluding hydrogens is 232 g/mol. The van der Waals surface area contributed by atoms with Gasteiger partial charge < -0.3 is 20.1 Å². The quantitative estimate of drug-likeness (QED) is 0.689. The highest BCUT2D eigenvalue weighted by atomic mass is 35.5. The predicted molar refractivity (Wildman–Crippen MR) is 61.7 cm³/mol. The van der Waals surface area contributed by atoms with E-state index in [1.54, 1.807) is 4.90 Å². The van der Waals surface area contributed by atoms with Crippen molar-refractivity contribution in [1.82, 2.24) is 4.90 Å². The van der Waals surface area contributed by atoms with E-state index >= 15 is 0 Å². The van der Waals surface area contributed by atoms with Crippen LogP contribution in [0.1, 0.15) is 20.8 Å². The summed E-state index contributed by atoms with van der Waals surface area (Å²) in [5.41, 5.74) is 5.10. The summed E-state index contributed by atoms with van der Waals surface area (Å²) in [6, 6.07) is 0.0659. The molecule has 0 aromatic rings. The van der Waals surface area contributed by atoms with Crippen LogP contribution in [0.15, 0.2) is 0 Å². The number of amides is 1. The molecule has 2 saturated heterocycles. The topological polar surface area (TPSA) is 64.8 Å². The van der Waals surface area contributed by atoms with Gasteiger partial charge in [0.15, 0.2) is 0 Å². The van der Waals surface area contributed by atoms with E-state index in [0.29, 0.717) is 19.7 Å². The summed E-state index contributed by atoms with van der Waals surface area (Å²) in [5.74, 6) is 0. The number of ether oxygens (including phenoxy) is 2. The second kappa shape index (κ2) is 4.05. The van der Waals surface area contributed by atoms with Crippen molar-refractivity contribution in [2.24, 2.45) is 5.73 Å². The summed E-state index contributed by atoms with van der Waals surface area (Å²) < 4.78 is 10.6. The molecule has 0 aromatic heterocycles. The van der Waals surface area contributed by atoms with Crippen LogP contribution in [0.3, 0.4) is 0 Å². The van der Waals surface area contributed by atoms with Crippen LogP contribution >= 0.6 is 12.4 Å². The first-order valence-corrected chi connectivity index (χ1v) is 5.20. The van der Waals surface area contributed by atoms with Gasteiger partial charge in [0.2, 0.25) is 0 Å². The summed E-state index contributed by atoms with van der Waals surface area (Å²) >= 11 is 0. The molecule has 2 N–H and O–H groups in total. The minimum atomic E-state index is -0.442. The lowest BCUT2D eigenvalue weighted by atomic mass is 9.82. The minimum Gasteiger partial charge on any atom is -0.444 e. The first-order chi connectivity index (χ1) is 6.82. The lowest BCUT2D eigenvalue weighted by Gasteiger charge is -2.58. The third kappa shape index (κ3) is 2.26. The summed E-state index contributed by atoms with van der Waals surface area (Å²) in [6.45, 7) is 7.28. The molecule has 2 fully saturated rings. The summed E-state index contributed by atoms with van der Waals surface area (Å²) in [4.78, 5) is 13.2. The number of halogens is 1. The summed E-state index contributed by atoms with van der Waals surface area (Å²) in [6.07, 6.45) is -0.282. The van der Waals surface area contributed by atoms with Crippen molar-refractivity contribution in [1.29, 1.82) is 0 Å². The zero-order chi connectivity index (χ0) is 11.3. The van der Waals surface area contributed by atoms with E-state index in [9.17, 15) is 4.79 Å². The molecule has 2 rings (SSSR count). The molecule has 1 atom stereocenters. The number of hydrogen-bond acceptors (Lipinski definition) is 4. The Morgan fingerprint density at radius 2 is 2.06 bits per heavy atom. The Kier molecular flexibility index (Phi) is 3.43. The molecule has 1 amide bonds. The number of rotatable bonds is 0. The smallest absolute Gasteiger partial charge is 0.410 e. The Balaban J connectivity index is 0.00000128. The largest absolute Gasteiger partial charge is 0.444 e. The highest BCUT2D eigenvalue weighted by molar-refractivity contribution is 5.85. The molecule has 16 heavy (non-hydrogen) atoms. The van der Waals surface area contributed by atoms with Gasteiger partial charge in [-0.15, -0.1) is 12.4 Å². The Morgan fingerprint density at radius 3 is 2.38 bits per heavy atom. The van der Waals surface area contributed by atoms with Crippen LogP contribution in [-0.4, -0.2) is 47.9 Å². The van der Waals surface area contributed by atoms with Gasteiger partial charge in [0, 0.05) is 0 Å². The van der Waals surface area contributed by atoms with Crippen LogP contribution in [-0.2, 0) is 9.47 Å². The van der Waals surface area contributed by atoms with Crippen molar-refractivity contribution >= 4 is 18.5 Å². The molecule has 2 aliphatic heterocycles. The molecule has 2 aliphatic rings. The number of carbonyl (C=O) groups excluding carboxylic acids is 1. The highest BCUT2D eigenvalue weighted by Gasteiger charge is 2.57. The molecule has 5 nitrogen and oxygen atoms in total. The van der Waals surface area contributed by atoms with Gasteiger partial charge in [-0.25, -0.2) is 4.79 Å². The fourth-order valence-corrected chi connectivity index (χ4v) is 1.80. The van der Waals surface area contributed by atoms with E-state index in [-0.39, 0.29) is 30.1 Å². The Labute approximate surface area is 102 Å². The maximum Gasteiger partial charge on any atom is 0.410 e. The lowest BCUT2D eigenvalue weighted by molar-refractivity contribution is -0.229. The van der Waals surface area contributed by atoms with Crippen LogP contribution in [0.25, 0.3) is 0 Å². The van der Waals surface area contributed by atoms with Crippen molar-refractivity contribution < 1.29 is 14.3 Å². The van der Waals surface area contributed by atoms with Crippen molar-refractivity contribution in [2.45, 2.75) is 38.0 Å². The number of nitrogens with zero attached hydrogens (tertiary/aromatic N) is 1. The molecule has 6 heteroatoms. The number of likely N-dealkylation sites (tertiary alicyclic amines) is 1. The van der Waals surface area contributed by atoms with E-state index in [1.165, 1.54) is 0 Å². The highest BCUT2D eigenvalue weighted by Crippen LogP contribution is 2.35. The SMILES string of the molecule is CC(C)(C)OC(=O)N1CC2(C1)OC[C@H]2N.Cl. The van der Waals surface area contributed by atoms with Gasteiger partial charge in [-0.05, 0) is 20.8 Å². The molecule has 94 valence electrons. The van der Waals surface area contributed by atoms with Gasteiger partial charge in [0.1, 0.15) is 11.2 Å². The van der Waals surface area contributed by atoms with Gasteiger partial charge in [-0.2, -0.15) is 0 Å². The molecule has 1 spiro atoms. The molecule has 2 heterocycles. The van der Waals surface area contributed by atoms with Gasteiger partial charge in [0.05, 0.1) is 25.7 Å². The number of nitrogens with two attached hydrogens (primary N) is 1. The first kappa shape index (κ1) is 13.5. The average Bonchev–Trinajstić information content (AvgIpc) is 1.95. The van der Waals surface area contributed by atoms with Gasteiger partial charge in [-0.3, -0.25) is 0 Å². The van der Waals surface area contributed by atoms with Crippen LogP contribution in [0.5, 0.6) is 0 Å². The van der Waals surface area contributed by atoms with E-state index in [2.05, 4.69) is 0 Å². The van der Waals surface area contributed by atoms with Gasteiger partial charge in [0.25, 0.3) is 0 Å². The second-order valence-electron chi connectivity index (χ2n) is 5.32. The number of hydrogen-bond donors (Lipinski definition) is 1. The molecule has 0 bridgehead atoms. The maximum absolute atomic E-state index is 11.6. The Bertz CT molecular complexity index is 284. The summed E-state index contributed by atoms with van der Waals surface area (Å²) in [7, 11) is 0. The number of carbonyl (C=O) groups is 1. The monoisotopic (exact) mass is 250 g/mol. The standard InChI is InChI=1S/C10H18N2O3.ClH/c1-9(2,3)15-8(13)12-5-10(6-12)7(11)4-14-10;/h7H,4-6,11H2,1-3H3;1H/t7-;/m1./s1. The van der Waals surface area contributed by atoms with E-state index in [4.69, 9.17) is 15.2 Å². The van der Waals surface area contributed by atoms with Crippen molar-refractivity contribution in [2.75, 3.05) is 19.7 Å². The fraction of sp³-hybridized carbons (Fsp3) is 0.900. The third-order valence-corrected chi connectivity index (χ3v) is 2.79.